The van der Waals surface area contributed by atoms with Gasteiger partial charge < -0.3 is 9.47 Å². The van der Waals surface area contributed by atoms with Crippen LogP contribution in [-0.4, -0.2) is 25.1 Å². The summed E-state index contributed by atoms with van der Waals surface area (Å²) < 4.78 is 11.3. The van der Waals surface area contributed by atoms with E-state index in [1.807, 2.05) is 30.3 Å². The highest BCUT2D eigenvalue weighted by Crippen LogP contribution is 2.79. The molecule has 2 aromatic rings. The van der Waals surface area contributed by atoms with E-state index in [0.29, 0.717) is 35.8 Å². The summed E-state index contributed by atoms with van der Waals surface area (Å²) in [5, 5.41) is 0.184. The molecule has 2 aromatic carbocycles. The molecular weight excluding hydrogens is 432 g/mol. The molecule has 0 aromatic heterocycles. The van der Waals surface area contributed by atoms with Gasteiger partial charge in [-0.05, 0) is 103 Å². The van der Waals surface area contributed by atoms with Crippen LogP contribution in [0.1, 0.15) is 66.4 Å². The van der Waals surface area contributed by atoms with Crippen molar-refractivity contribution in [2.45, 2.75) is 56.7 Å². The molecule has 0 bridgehead atoms. The number of methoxy groups -OCH3 is 1. The summed E-state index contributed by atoms with van der Waals surface area (Å²) in [6, 6.07) is 16.0. The van der Waals surface area contributed by atoms with E-state index in [-0.39, 0.29) is 22.2 Å². The first-order valence-corrected chi connectivity index (χ1v) is 12.9. The van der Waals surface area contributed by atoms with Gasteiger partial charge >= 0.3 is 5.97 Å². The third-order valence-electron chi connectivity index (χ3n) is 9.98. The number of rotatable bonds is 4. The van der Waals surface area contributed by atoms with E-state index in [0.717, 1.165) is 25.0 Å². The highest BCUT2D eigenvalue weighted by molar-refractivity contribution is 6.21. The molecule has 0 amide bonds. The number of halogens is 1. The molecule has 4 heteroatoms. The molecule has 3 fully saturated rings. The molecule has 174 valence electrons. The van der Waals surface area contributed by atoms with Gasteiger partial charge in [0.25, 0.3) is 0 Å². The minimum absolute atomic E-state index is 0.126. The van der Waals surface area contributed by atoms with Gasteiger partial charge in [-0.2, -0.15) is 0 Å². The van der Waals surface area contributed by atoms with Crippen molar-refractivity contribution in [3.63, 3.8) is 0 Å². The van der Waals surface area contributed by atoms with Gasteiger partial charge in [0, 0.05) is 11.3 Å². The summed E-state index contributed by atoms with van der Waals surface area (Å²) in [6.45, 7) is 3.01. The van der Waals surface area contributed by atoms with Crippen LogP contribution < -0.4 is 4.74 Å². The summed E-state index contributed by atoms with van der Waals surface area (Å²) >= 11 is 7.17. The van der Waals surface area contributed by atoms with Crippen LogP contribution in [0.15, 0.2) is 48.5 Å². The molecule has 1 unspecified atom stereocenters. The van der Waals surface area contributed by atoms with Gasteiger partial charge in [-0.3, -0.25) is 0 Å². The number of hydrogen-bond acceptors (Lipinski definition) is 3. The third-order valence-corrected chi connectivity index (χ3v) is 10.6. The molecule has 4 aliphatic carbocycles. The van der Waals surface area contributed by atoms with E-state index < -0.39 is 0 Å². The molecule has 0 radical (unpaired) electrons. The maximum Gasteiger partial charge on any atom is 0.338 e. The number of benzene rings is 2. The van der Waals surface area contributed by atoms with E-state index in [1.54, 1.807) is 12.7 Å². The van der Waals surface area contributed by atoms with Crippen LogP contribution in [-0.2, 0) is 11.2 Å². The Bertz CT molecular complexity index is 1070. The Labute approximate surface area is 201 Å². The van der Waals surface area contributed by atoms with Crippen LogP contribution in [0.5, 0.6) is 5.75 Å². The van der Waals surface area contributed by atoms with Gasteiger partial charge in [0.2, 0.25) is 0 Å². The van der Waals surface area contributed by atoms with Crippen LogP contribution in [0.25, 0.3) is 0 Å². The number of esters is 1. The van der Waals surface area contributed by atoms with Gasteiger partial charge in [-0.25, -0.2) is 4.79 Å². The SMILES string of the molecule is COc1ccc2c(c1)CC[C@@H]1[C@@H]2CC[C@@]2(C)[C@H]1CC(Cl)[C@@]21C[C@H]1COC(=O)c1ccccc1. The van der Waals surface area contributed by atoms with E-state index in [2.05, 4.69) is 25.1 Å². The highest BCUT2D eigenvalue weighted by atomic mass is 35.5. The summed E-state index contributed by atoms with van der Waals surface area (Å²) in [5.41, 5.74) is 4.02. The standard InChI is InChI=1S/C29H33ClO3/c1-28-13-12-23-22-11-9-21(32-2)14-19(22)8-10-24(23)25(28)15-26(30)29(28)16-20(29)17-33-27(31)18-6-4-3-5-7-18/h3-7,9,11,14,20,23-26H,8,10,12-13,15-17H2,1-2H3/t20-,23+,24+,25-,26?,28-,29-/m0/s1. The quantitative estimate of drug-likeness (QED) is 0.376. The van der Waals surface area contributed by atoms with E-state index in [4.69, 9.17) is 21.1 Å². The van der Waals surface area contributed by atoms with Crippen molar-refractivity contribution in [3.05, 3.63) is 65.2 Å². The van der Waals surface area contributed by atoms with Crippen molar-refractivity contribution in [2.75, 3.05) is 13.7 Å². The van der Waals surface area contributed by atoms with Crippen molar-refractivity contribution >= 4 is 17.6 Å². The number of hydrogen-bond donors (Lipinski definition) is 0. The number of fused-ring (bicyclic) bond motifs is 6. The van der Waals surface area contributed by atoms with Crippen molar-refractivity contribution in [1.29, 1.82) is 0 Å². The Hall–Kier alpha value is -2.00. The van der Waals surface area contributed by atoms with Gasteiger partial charge in [0.15, 0.2) is 0 Å². The van der Waals surface area contributed by atoms with Crippen molar-refractivity contribution < 1.29 is 14.3 Å². The zero-order chi connectivity index (χ0) is 22.8. The average Bonchev–Trinajstić information content (AvgIpc) is 3.55. The fraction of sp³-hybridized carbons (Fsp3) is 0.552. The summed E-state index contributed by atoms with van der Waals surface area (Å²) in [4.78, 5) is 12.5. The summed E-state index contributed by atoms with van der Waals surface area (Å²) in [6.07, 6.45) is 7.04. The first-order chi connectivity index (χ1) is 16.0. The topological polar surface area (TPSA) is 35.5 Å². The summed E-state index contributed by atoms with van der Waals surface area (Å²) in [5.74, 6) is 3.15. The fourth-order valence-electron chi connectivity index (χ4n) is 8.28. The first kappa shape index (κ1) is 21.5. The zero-order valence-electron chi connectivity index (χ0n) is 19.6. The molecule has 0 aliphatic heterocycles. The Kier molecular flexibility index (Phi) is 5.07. The van der Waals surface area contributed by atoms with Crippen LogP contribution in [0.3, 0.4) is 0 Å². The Morgan fingerprint density at radius 3 is 2.76 bits per heavy atom. The number of alkyl halides is 1. The zero-order valence-corrected chi connectivity index (χ0v) is 20.3. The molecule has 6 rings (SSSR count). The molecular formula is C29H33ClO3. The van der Waals surface area contributed by atoms with E-state index in [9.17, 15) is 4.79 Å². The number of carbonyl (C=O) groups excluding carboxylic acids is 1. The van der Waals surface area contributed by atoms with E-state index >= 15 is 0 Å². The van der Waals surface area contributed by atoms with E-state index in [1.165, 1.54) is 24.8 Å². The normalized spacial score (nSPS) is 38.2. The number of carbonyl (C=O) groups is 1. The molecule has 0 heterocycles. The predicted molar refractivity (Wildman–Crippen MR) is 130 cm³/mol. The molecule has 1 spiro atoms. The first-order valence-electron chi connectivity index (χ1n) is 12.5. The van der Waals surface area contributed by atoms with Gasteiger partial charge in [0.05, 0.1) is 19.3 Å². The highest BCUT2D eigenvalue weighted by Gasteiger charge is 2.75. The van der Waals surface area contributed by atoms with Gasteiger partial charge in [-0.15, -0.1) is 11.6 Å². The lowest BCUT2D eigenvalue weighted by Crippen LogP contribution is -2.44. The van der Waals surface area contributed by atoms with Gasteiger partial charge in [-0.1, -0.05) is 31.2 Å². The number of ether oxygens (including phenoxy) is 2. The molecule has 7 atom stereocenters. The fourth-order valence-corrected chi connectivity index (χ4v) is 8.99. The molecule has 0 saturated heterocycles. The predicted octanol–water partition coefficient (Wildman–Crippen LogP) is 6.63. The molecule has 0 N–H and O–H groups in total. The second-order valence-electron chi connectivity index (χ2n) is 11.0. The minimum Gasteiger partial charge on any atom is -0.497 e. The smallest absolute Gasteiger partial charge is 0.338 e. The Morgan fingerprint density at radius 2 is 1.97 bits per heavy atom. The molecule has 3 saturated carbocycles. The molecule has 3 nitrogen and oxygen atoms in total. The summed E-state index contributed by atoms with van der Waals surface area (Å²) in [7, 11) is 1.75. The monoisotopic (exact) mass is 464 g/mol. The van der Waals surface area contributed by atoms with Crippen LogP contribution >= 0.6 is 11.6 Å². The van der Waals surface area contributed by atoms with Crippen LogP contribution in [0, 0.1) is 28.6 Å². The lowest BCUT2D eigenvalue weighted by atomic mass is 9.53. The van der Waals surface area contributed by atoms with Crippen molar-refractivity contribution in [3.8, 4) is 5.75 Å². The maximum absolute atomic E-state index is 12.5. The molecule has 4 aliphatic rings. The largest absolute Gasteiger partial charge is 0.497 e. The van der Waals surface area contributed by atoms with Crippen LogP contribution in [0.2, 0.25) is 0 Å². The Balaban J connectivity index is 1.20. The molecule has 33 heavy (non-hydrogen) atoms. The second-order valence-corrected chi connectivity index (χ2v) is 11.6. The maximum atomic E-state index is 12.5. The van der Waals surface area contributed by atoms with Crippen molar-refractivity contribution in [2.24, 2.45) is 28.6 Å². The number of aryl methyl sites for hydroxylation is 1. The Morgan fingerprint density at radius 1 is 1.15 bits per heavy atom. The van der Waals surface area contributed by atoms with Crippen molar-refractivity contribution in [1.82, 2.24) is 0 Å². The second kappa shape index (κ2) is 7.77. The minimum atomic E-state index is -0.216. The van der Waals surface area contributed by atoms with Gasteiger partial charge in [0.1, 0.15) is 5.75 Å². The third kappa shape index (κ3) is 3.11. The lowest BCUT2D eigenvalue weighted by molar-refractivity contribution is 0.00544. The average molecular weight is 465 g/mol. The lowest BCUT2D eigenvalue weighted by Gasteiger charge is -2.51. The van der Waals surface area contributed by atoms with Crippen LogP contribution in [0.4, 0.5) is 0 Å².